The maximum Gasteiger partial charge on any atom is 0.254 e. The third-order valence-electron chi connectivity index (χ3n) is 6.79. The van der Waals surface area contributed by atoms with Crippen LogP contribution in [0, 0.1) is 5.92 Å². The summed E-state index contributed by atoms with van der Waals surface area (Å²) in [5.74, 6) is 3.41. The lowest BCUT2D eigenvalue weighted by Crippen LogP contribution is -2.41. The van der Waals surface area contributed by atoms with Gasteiger partial charge in [-0.2, -0.15) is 0 Å². The summed E-state index contributed by atoms with van der Waals surface area (Å²) in [4.78, 5) is 17.7. The van der Waals surface area contributed by atoms with Crippen molar-refractivity contribution in [1.82, 2.24) is 9.80 Å². The van der Waals surface area contributed by atoms with E-state index in [9.17, 15) is 4.79 Å². The molecule has 1 atom stereocenters. The number of methoxy groups -OCH3 is 4. The van der Waals surface area contributed by atoms with E-state index in [4.69, 9.17) is 18.9 Å². The van der Waals surface area contributed by atoms with E-state index in [2.05, 4.69) is 17.0 Å². The molecule has 1 unspecified atom stereocenters. The Labute approximate surface area is 208 Å². The Bertz CT molecular complexity index is 999. The number of fused-ring (bicyclic) bond motifs is 1. The summed E-state index contributed by atoms with van der Waals surface area (Å²) in [5, 5.41) is 0. The van der Waals surface area contributed by atoms with Crippen molar-refractivity contribution in [1.29, 1.82) is 0 Å². The average molecular weight is 491 g/mol. The number of hydrogen-bond donors (Lipinski definition) is 0. The fourth-order valence-corrected chi connectivity index (χ4v) is 4.93. The molecule has 2 heterocycles. The minimum atomic E-state index is 0. The van der Waals surface area contributed by atoms with Gasteiger partial charge in [0.1, 0.15) is 0 Å². The van der Waals surface area contributed by atoms with E-state index in [-0.39, 0.29) is 18.3 Å². The molecule has 186 valence electrons. The highest BCUT2D eigenvalue weighted by Gasteiger charge is 2.30. The van der Waals surface area contributed by atoms with Crippen molar-refractivity contribution >= 4 is 18.3 Å². The Morgan fingerprint density at radius 2 is 1.56 bits per heavy atom. The van der Waals surface area contributed by atoms with Gasteiger partial charge < -0.3 is 28.7 Å². The summed E-state index contributed by atoms with van der Waals surface area (Å²) < 4.78 is 21.6. The molecule has 1 saturated heterocycles. The highest BCUT2D eigenvalue weighted by molar-refractivity contribution is 5.97. The Balaban J connectivity index is 0.00000324. The molecule has 0 N–H and O–H groups in total. The van der Waals surface area contributed by atoms with Gasteiger partial charge >= 0.3 is 0 Å². The second kappa shape index (κ2) is 11.7. The smallest absolute Gasteiger partial charge is 0.254 e. The van der Waals surface area contributed by atoms with E-state index in [0.717, 1.165) is 74.6 Å². The summed E-state index contributed by atoms with van der Waals surface area (Å²) in [6.07, 6.45) is 2.93. The minimum absolute atomic E-state index is 0. The van der Waals surface area contributed by atoms with Gasteiger partial charge in [-0.05, 0) is 67.1 Å². The van der Waals surface area contributed by atoms with Crippen molar-refractivity contribution in [2.75, 3.05) is 61.2 Å². The van der Waals surface area contributed by atoms with Crippen molar-refractivity contribution in [3.05, 3.63) is 47.0 Å². The molecule has 34 heavy (non-hydrogen) atoms. The van der Waals surface area contributed by atoms with Gasteiger partial charge in [0, 0.05) is 31.7 Å². The molecule has 8 heteroatoms. The topological polar surface area (TPSA) is 60.5 Å². The first-order valence-electron chi connectivity index (χ1n) is 11.5. The molecule has 2 aliphatic rings. The number of benzene rings is 2. The maximum absolute atomic E-state index is 13.2. The molecule has 0 aromatic heterocycles. The SMILES string of the molecule is COc1ccc(CCN2CCC(CN3CCc4cc(OC)c(OC)cc4C3=O)C2)cc1OC.Cl. The van der Waals surface area contributed by atoms with E-state index in [1.807, 2.05) is 23.1 Å². The highest BCUT2D eigenvalue weighted by Crippen LogP contribution is 2.34. The zero-order valence-electron chi connectivity index (χ0n) is 20.5. The summed E-state index contributed by atoms with van der Waals surface area (Å²) in [6, 6.07) is 9.88. The van der Waals surface area contributed by atoms with E-state index in [1.54, 1.807) is 28.4 Å². The van der Waals surface area contributed by atoms with Crippen molar-refractivity contribution in [2.45, 2.75) is 19.3 Å². The van der Waals surface area contributed by atoms with Crippen LogP contribution in [0.1, 0.15) is 27.9 Å². The first kappa shape index (κ1) is 26.0. The second-order valence-electron chi connectivity index (χ2n) is 8.76. The molecule has 2 aromatic carbocycles. The van der Waals surface area contributed by atoms with Crippen LogP contribution >= 0.6 is 12.4 Å². The Kier molecular flexibility index (Phi) is 8.91. The number of halogens is 1. The number of carbonyl (C=O) groups excluding carboxylic acids is 1. The Morgan fingerprint density at radius 3 is 2.26 bits per heavy atom. The van der Waals surface area contributed by atoms with Crippen LogP contribution in [0.2, 0.25) is 0 Å². The van der Waals surface area contributed by atoms with Crippen LogP contribution in [0.15, 0.2) is 30.3 Å². The lowest BCUT2D eigenvalue weighted by molar-refractivity contribution is 0.0712. The third-order valence-corrected chi connectivity index (χ3v) is 6.79. The average Bonchev–Trinajstić information content (AvgIpc) is 3.30. The number of rotatable bonds is 9. The van der Waals surface area contributed by atoms with Crippen LogP contribution in [0.4, 0.5) is 0 Å². The van der Waals surface area contributed by atoms with Gasteiger partial charge in [-0.15, -0.1) is 12.4 Å². The number of likely N-dealkylation sites (tertiary alicyclic amines) is 1. The molecular formula is C26H35ClN2O5. The number of carbonyl (C=O) groups is 1. The van der Waals surface area contributed by atoms with Crippen LogP contribution in [-0.2, 0) is 12.8 Å². The monoisotopic (exact) mass is 490 g/mol. The molecule has 0 aliphatic carbocycles. The van der Waals surface area contributed by atoms with Gasteiger partial charge in [0.15, 0.2) is 23.0 Å². The van der Waals surface area contributed by atoms with Gasteiger partial charge in [-0.1, -0.05) is 6.07 Å². The summed E-state index contributed by atoms with van der Waals surface area (Å²) in [5.41, 5.74) is 3.02. The molecule has 1 fully saturated rings. The summed E-state index contributed by atoms with van der Waals surface area (Å²) >= 11 is 0. The minimum Gasteiger partial charge on any atom is -0.493 e. The molecule has 2 aliphatic heterocycles. The normalized spacial score (nSPS) is 17.7. The molecule has 0 bridgehead atoms. The number of amides is 1. The molecule has 4 rings (SSSR count). The van der Waals surface area contributed by atoms with Crippen molar-refractivity contribution in [3.8, 4) is 23.0 Å². The zero-order chi connectivity index (χ0) is 23.4. The van der Waals surface area contributed by atoms with Crippen LogP contribution in [0.25, 0.3) is 0 Å². The molecular weight excluding hydrogens is 456 g/mol. The third kappa shape index (κ3) is 5.53. The van der Waals surface area contributed by atoms with Crippen molar-refractivity contribution in [3.63, 3.8) is 0 Å². The number of hydrogen-bond acceptors (Lipinski definition) is 6. The van der Waals surface area contributed by atoms with Crippen LogP contribution in [-0.4, -0.2) is 76.9 Å². The Morgan fingerprint density at radius 1 is 0.882 bits per heavy atom. The van der Waals surface area contributed by atoms with Crippen molar-refractivity contribution in [2.24, 2.45) is 5.92 Å². The van der Waals surface area contributed by atoms with E-state index >= 15 is 0 Å². The van der Waals surface area contributed by atoms with Crippen molar-refractivity contribution < 1.29 is 23.7 Å². The highest BCUT2D eigenvalue weighted by atomic mass is 35.5. The maximum atomic E-state index is 13.2. The predicted octanol–water partition coefficient (Wildman–Crippen LogP) is 3.71. The fourth-order valence-electron chi connectivity index (χ4n) is 4.93. The molecule has 1 amide bonds. The van der Waals surface area contributed by atoms with Crippen LogP contribution in [0.3, 0.4) is 0 Å². The van der Waals surface area contributed by atoms with E-state index in [0.29, 0.717) is 17.4 Å². The predicted molar refractivity (Wildman–Crippen MR) is 134 cm³/mol. The van der Waals surface area contributed by atoms with Crippen LogP contribution < -0.4 is 18.9 Å². The lowest BCUT2D eigenvalue weighted by atomic mass is 9.96. The second-order valence-corrected chi connectivity index (χ2v) is 8.76. The van der Waals surface area contributed by atoms with Gasteiger partial charge in [-0.25, -0.2) is 0 Å². The van der Waals surface area contributed by atoms with Gasteiger partial charge in [0.25, 0.3) is 5.91 Å². The largest absolute Gasteiger partial charge is 0.493 e. The van der Waals surface area contributed by atoms with Gasteiger partial charge in [0.05, 0.1) is 28.4 Å². The quantitative estimate of drug-likeness (QED) is 0.534. The zero-order valence-corrected chi connectivity index (χ0v) is 21.3. The Hall–Kier alpha value is -2.64. The summed E-state index contributed by atoms with van der Waals surface area (Å²) in [7, 11) is 6.54. The molecule has 2 aromatic rings. The standard InChI is InChI=1S/C26H34N2O5.ClH/c1-30-22-6-5-18(13-23(22)31-2)7-10-27-11-8-19(16-27)17-28-12-9-20-14-24(32-3)25(33-4)15-21(20)26(28)29;/h5-6,13-15,19H,7-12,16-17H2,1-4H3;1H. The van der Waals surface area contributed by atoms with Gasteiger partial charge in [-0.3, -0.25) is 4.79 Å². The fraction of sp³-hybridized carbons (Fsp3) is 0.500. The number of nitrogens with zero attached hydrogens (tertiary/aromatic N) is 2. The molecule has 0 saturated carbocycles. The first-order valence-corrected chi connectivity index (χ1v) is 11.5. The first-order chi connectivity index (χ1) is 16.1. The van der Waals surface area contributed by atoms with Gasteiger partial charge in [0.2, 0.25) is 0 Å². The summed E-state index contributed by atoms with van der Waals surface area (Å²) in [6.45, 7) is 4.65. The lowest BCUT2D eigenvalue weighted by Gasteiger charge is -2.31. The molecule has 7 nitrogen and oxygen atoms in total. The van der Waals surface area contributed by atoms with E-state index < -0.39 is 0 Å². The molecule has 0 radical (unpaired) electrons. The van der Waals surface area contributed by atoms with Crippen LogP contribution in [0.5, 0.6) is 23.0 Å². The number of ether oxygens (including phenoxy) is 4. The molecule has 0 spiro atoms. The van der Waals surface area contributed by atoms with E-state index in [1.165, 1.54) is 5.56 Å².